The summed E-state index contributed by atoms with van der Waals surface area (Å²) in [4.78, 5) is 31.4. The minimum absolute atomic E-state index is 0.0934. The molecule has 3 aromatic carbocycles. The molecule has 1 aliphatic heterocycles. The number of aryl methyl sites for hydroxylation is 2. The molecule has 34 heavy (non-hydrogen) atoms. The maximum absolute atomic E-state index is 13.3. The van der Waals surface area contributed by atoms with Crippen molar-refractivity contribution in [3.05, 3.63) is 84.4 Å². The van der Waals surface area contributed by atoms with E-state index in [1.54, 1.807) is 17.0 Å². The van der Waals surface area contributed by atoms with E-state index in [1.165, 1.54) is 17.3 Å². The maximum Gasteiger partial charge on any atom is 0.260 e. The summed E-state index contributed by atoms with van der Waals surface area (Å²) >= 11 is 1.40. The number of fused-ring (bicyclic) bond motifs is 2. The smallest absolute Gasteiger partial charge is 0.260 e. The monoisotopic (exact) mass is 472 g/mol. The summed E-state index contributed by atoms with van der Waals surface area (Å²) in [6.45, 7) is 0.849. The lowest BCUT2D eigenvalue weighted by atomic mass is 10.1. The maximum atomic E-state index is 13.3. The van der Waals surface area contributed by atoms with E-state index in [0.717, 1.165) is 29.2 Å². The first-order valence-electron chi connectivity index (χ1n) is 11.1. The Hall–Kier alpha value is -3.78. The molecule has 0 bridgehead atoms. The number of primary amides is 1. The third kappa shape index (κ3) is 4.49. The van der Waals surface area contributed by atoms with Crippen LogP contribution in [0.4, 0.5) is 5.69 Å². The number of carbonyl (C=O) groups excluding carboxylic acids is 2. The molecule has 0 unspecified atom stereocenters. The van der Waals surface area contributed by atoms with Crippen molar-refractivity contribution in [3.8, 4) is 5.75 Å². The molecular weight excluding hydrogens is 448 g/mol. The van der Waals surface area contributed by atoms with Crippen molar-refractivity contribution in [2.75, 3.05) is 17.2 Å². The van der Waals surface area contributed by atoms with Crippen LogP contribution in [-0.2, 0) is 22.6 Å². The van der Waals surface area contributed by atoms with Gasteiger partial charge in [-0.1, -0.05) is 66.4 Å². The second-order valence-corrected chi connectivity index (χ2v) is 8.98. The zero-order chi connectivity index (χ0) is 23.5. The Morgan fingerprint density at radius 2 is 1.74 bits per heavy atom. The zero-order valence-corrected chi connectivity index (χ0v) is 19.3. The van der Waals surface area contributed by atoms with Crippen LogP contribution in [0.15, 0.2) is 84.0 Å². The molecule has 0 spiro atoms. The topological polar surface area (TPSA) is 90.5 Å². The van der Waals surface area contributed by atoms with Crippen LogP contribution in [-0.4, -0.2) is 39.8 Å². The number of para-hydroxylation sites is 4. The van der Waals surface area contributed by atoms with E-state index in [2.05, 4.69) is 22.8 Å². The molecular formula is C26H24N4O3S. The van der Waals surface area contributed by atoms with Gasteiger partial charge in [-0.25, -0.2) is 4.98 Å². The van der Waals surface area contributed by atoms with Gasteiger partial charge in [-0.2, -0.15) is 0 Å². The van der Waals surface area contributed by atoms with Gasteiger partial charge in [-0.05, 0) is 36.2 Å². The molecule has 7 nitrogen and oxygen atoms in total. The van der Waals surface area contributed by atoms with Crippen LogP contribution >= 0.6 is 11.8 Å². The van der Waals surface area contributed by atoms with E-state index in [-0.39, 0.29) is 18.2 Å². The fraction of sp³-hybridized carbons (Fsp3) is 0.192. The molecule has 2 N–H and O–H groups in total. The Balaban J connectivity index is 1.36. The number of anilines is 1. The number of hydrogen-bond donors (Lipinski definition) is 1. The number of amides is 2. The molecule has 4 aromatic rings. The van der Waals surface area contributed by atoms with E-state index in [9.17, 15) is 9.59 Å². The Morgan fingerprint density at radius 3 is 2.56 bits per heavy atom. The number of nitrogens with zero attached hydrogens (tertiary/aromatic N) is 3. The third-order valence-electron chi connectivity index (χ3n) is 5.80. The molecule has 1 atom stereocenters. The highest BCUT2D eigenvalue weighted by molar-refractivity contribution is 7.99. The molecule has 0 radical (unpaired) electrons. The first-order valence-corrected chi connectivity index (χ1v) is 12.1. The van der Waals surface area contributed by atoms with Crippen LogP contribution in [0.3, 0.4) is 0 Å². The number of aromatic nitrogens is 2. The number of benzene rings is 3. The van der Waals surface area contributed by atoms with Gasteiger partial charge >= 0.3 is 0 Å². The summed E-state index contributed by atoms with van der Waals surface area (Å²) in [5.74, 6) is -0.0728. The molecule has 2 heterocycles. The lowest BCUT2D eigenvalue weighted by Crippen LogP contribution is -2.49. The number of rotatable bonds is 7. The Bertz CT molecular complexity index is 1340. The molecule has 1 aliphatic rings. The first-order chi connectivity index (χ1) is 16.6. The third-order valence-corrected chi connectivity index (χ3v) is 6.76. The molecule has 0 saturated heterocycles. The highest BCUT2D eigenvalue weighted by Crippen LogP contribution is 2.34. The van der Waals surface area contributed by atoms with Gasteiger partial charge in [-0.3, -0.25) is 9.59 Å². The quantitative estimate of drug-likeness (QED) is 0.415. The highest BCUT2D eigenvalue weighted by Gasteiger charge is 2.32. The van der Waals surface area contributed by atoms with Crippen LogP contribution < -0.4 is 15.4 Å². The standard InChI is InChI=1S/C26H24N4O3S/c27-25(32)23-16-30(21-12-6-7-13-22(21)33-23)24(31)17-34-26-28-19-10-4-5-11-20(19)29(26)15-14-18-8-2-1-3-9-18/h1-13,23H,14-17H2,(H2,27,32)/t23-/m0/s1. The van der Waals surface area contributed by atoms with Gasteiger partial charge in [0.2, 0.25) is 5.91 Å². The van der Waals surface area contributed by atoms with Gasteiger partial charge in [0.15, 0.2) is 11.3 Å². The molecule has 0 fully saturated rings. The summed E-state index contributed by atoms with van der Waals surface area (Å²) in [5.41, 5.74) is 9.30. The van der Waals surface area contributed by atoms with Crippen molar-refractivity contribution in [1.29, 1.82) is 0 Å². The number of nitrogens with two attached hydrogens (primary N) is 1. The molecule has 0 aliphatic carbocycles. The zero-order valence-electron chi connectivity index (χ0n) is 18.5. The van der Waals surface area contributed by atoms with E-state index < -0.39 is 12.0 Å². The number of ether oxygens (including phenoxy) is 1. The minimum atomic E-state index is -0.876. The van der Waals surface area contributed by atoms with Crippen molar-refractivity contribution in [3.63, 3.8) is 0 Å². The number of hydrogen-bond acceptors (Lipinski definition) is 5. The van der Waals surface area contributed by atoms with Crippen LogP contribution in [0.2, 0.25) is 0 Å². The Morgan fingerprint density at radius 1 is 1.00 bits per heavy atom. The van der Waals surface area contributed by atoms with Gasteiger partial charge in [0.05, 0.1) is 29.0 Å². The first kappa shape index (κ1) is 22.0. The average Bonchev–Trinajstić information content (AvgIpc) is 3.23. The second kappa shape index (κ2) is 9.61. The largest absolute Gasteiger partial charge is 0.477 e. The van der Waals surface area contributed by atoms with Crippen LogP contribution in [0, 0.1) is 0 Å². The Kier molecular flexibility index (Phi) is 6.22. The second-order valence-electron chi connectivity index (χ2n) is 8.04. The number of carbonyl (C=O) groups is 2. The van der Waals surface area contributed by atoms with Crippen molar-refractivity contribution in [1.82, 2.24) is 9.55 Å². The molecule has 5 rings (SSSR count). The predicted molar refractivity (Wildman–Crippen MR) is 133 cm³/mol. The number of imidazole rings is 1. The fourth-order valence-electron chi connectivity index (χ4n) is 4.09. The summed E-state index contributed by atoms with van der Waals surface area (Å²) in [5, 5.41) is 0.790. The van der Waals surface area contributed by atoms with Gasteiger partial charge in [0.1, 0.15) is 5.75 Å². The molecule has 0 saturated carbocycles. The van der Waals surface area contributed by atoms with Crippen molar-refractivity contribution in [2.45, 2.75) is 24.2 Å². The van der Waals surface area contributed by atoms with Gasteiger partial charge in [0.25, 0.3) is 5.91 Å². The van der Waals surface area contributed by atoms with E-state index in [0.29, 0.717) is 11.4 Å². The summed E-state index contributed by atoms with van der Waals surface area (Å²) < 4.78 is 7.84. The Labute approximate surface area is 201 Å². The summed E-state index contributed by atoms with van der Waals surface area (Å²) in [6, 6.07) is 25.5. The van der Waals surface area contributed by atoms with Crippen molar-refractivity contribution in [2.24, 2.45) is 5.73 Å². The van der Waals surface area contributed by atoms with Crippen LogP contribution in [0.25, 0.3) is 11.0 Å². The van der Waals surface area contributed by atoms with Gasteiger partial charge < -0.3 is 19.9 Å². The summed E-state index contributed by atoms with van der Waals surface area (Å²) in [6.07, 6.45) is -0.0147. The van der Waals surface area contributed by atoms with E-state index >= 15 is 0 Å². The molecule has 2 amide bonds. The molecule has 1 aromatic heterocycles. The lowest BCUT2D eigenvalue weighted by molar-refractivity contribution is -0.125. The van der Waals surface area contributed by atoms with Gasteiger partial charge in [0, 0.05) is 6.54 Å². The van der Waals surface area contributed by atoms with E-state index in [1.807, 2.05) is 48.5 Å². The summed E-state index contributed by atoms with van der Waals surface area (Å²) in [7, 11) is 0. The molecule has 172 valence electrons. The van der Waals surface area contributed by atoms with Crippen LogP contribution in [0.1, 0.15) is 5.56 Å². The average molecular weight is 473 g/mol. The molecule has 8 heteroatoms. The van der Waals surface area contributed by atoms with Crippen molar-refractivity contribution < 1.29 is 14.3 Å². The SMILES string of the molecule is NC(=O)[C@@H]1CN(C(=O)CSc2nc3ccccc3n2CCc2ccccc2)c2ccccc2O1. The lowest BCUT2D eigenvalue weighted by Gasteiger charge is -2.33. The predicted octanol–water partition coefficient (Wildman–Crippen LogP) is 3.65. The van der Waals surface area contributed by atoms with Gasteiger partial charge in [-0.15, -0.1) is 0 Å². The minimum Gasteiger partial charge on any atom is -0.477 e. The van der Waals surface area contributed by atoms with Crippen molar-refractivity contribution >= 4 is 40.3 Å². The van der Waals surface area contributed by atoms with Crippen LogP contribution in [0.5, 0.6) is 5.75 Å². The van der Waals surface area contributed by atoms with E-state index in [4.69, 9.17) is 15.5 Å². The normalized spacial score (nSPS) is 15.1. The highest BCUT2D eigenvalue weighted by atomic mass is 32.2. The fourth-order valence-corrected chi connectivity index (χ4v) is 5.00. The number of thioether (sulfide) groups is 1.